The Bertz CT molecular complexity index is 895. The van der Waals surface area contributed by atoms with Gasteiger partial charge in [-0.25, -0.2) is 4.99 Å². The van der Waals surface area contributed by atoms with Crippen molar-refractivity contribution < 1.29 is 14.7 Å². The Morgan fingerprint density at radius 1 is 1.11 bits per heavy atom. The Balaban J connectivity index is 1.91. The van der Waals surface area contributed by atoms with Crippen LogP contribution < -0.4 is 10.6 Å². The van der Waals surface area contributed by atoms with Crippen molar-refractivity contribution in [2.45, 2.75) is 13.0 Å². The predicted octanol–water partition coefficient (Wildman–Crippen LogP) is 3.42. The van der Waals surface area contributed by atoms with E-state index >= 15 is 0 Å². The van der Waals surface area contributed by atoms with E-state index in [9.17, 15) is 9.59 Å². The number of para-hydroxylation sites is 1. The number of allylic oxidation sites excluding steroid dienone is 1. The van der Waals surface area contributed by atoms with Crippen molar-refractivity contribution in [3.63, 3.8) is 0 Å². The zero-order chi connectivity index (χ0) is 19.2. The Morgan fingerprint density at radius 3 is 2.37 bits per heavy atom. The SMILES string of the molecule is CC1=C(C(=O)Nc2ccccc2)[C@@H](c2ccccc2)N=C(SCC(=O)O)N1. The molecule has 1 aliphatic rings. The van der Waals surface area contributed by atoms with Crippen molar-refractivity contribution in [1.29, 1.82) is 0 Å². The highest BCUT2D eigenvalue weighted by molar-refractivity contribution is 8.14. The second kappa shape index (κ2) is 8.55. The lowest BCUT2D eigenvalue weighted by molar-refractivity contribution is -0.133. The number of hydrogen-bond donors (Lipinski definition) is 3. The highest BCUT2D eigenvalue weighted by Crippen LogP contribution is 2.32. The van der Waals surface area contributed by atoms with Gasteiger partial charge in [0.15, 0.2) is 5.17 Å². The van der Waals surface area contributed by atoms with E-state index < -0.39 is 12.0 Å². The van der Waals surface area contributed by atoms with Crippen molar-refractivity contribution in [2.75, 3.05) is 11.1 Å². The van der Waals surface area contributed by atoms with Gasteiger partial charge in [0.1, 0.15) is 6.04 Å². The largest absolute Gasteiger partial charge is 0.481 e. The summed E-state index contributed by atoms with van der Waals surface area (Å²) in [5.74, 6) is -1.27. The number of carbonyl (C=O) groups excluding carboxylic acids is 1. The molecule has 0 radical (unpaired) electrons. The minimum absolute atomic E-state index is 0.105. The van der Waals surface area contributed by atoms with Gasteiger partial charge in [-0.3, -0.25) is 9.59 Å². The lowest BCUT2D eigenvalue weighted by Gasteiger charge is -2.26. The molecule has 0 bridgehead atoms. The molecule has 1 aliphatic heterocycles. The second-order valence-corrected chi connectivity index (χ2v) is 6.88. The molecule has 0 fully saturated rings. The number of carboxylic acid groups (broad SMARTS) is 1. The van der Waals surface area contributed by atoms with Gasteiger partial charge in [0, 0.05) is 11.4 Å². The van der Waals surface area contributed by atoms with Crippen LogP contribution in [0.1, 0.15) is 18.5 Å². The van der Waals surface area contributed by atoms with Gasteiger partial charge in [0.2, 0.25) is 0 Å². The zero-order valence-electron chi connectivity index (χ0n) is 14.7. The van der Waals surface area contributed by atoms with Gasteiger partial charge in [-0.2, -0.15) is 0 Å². The molecule has 0 saturated carbocycles. The summed E-state index contributed by atoms with van der Waals surface area (Å²) in [4.78, 5) is 28.4. The van der Waals surface area contributed by atoms with Gasteiger partial charge in [-0.15, -0.1) is 0 Å². The molecule has 1 amide bonds. The first-order valence-corrected chi connectivity index (χ1v) is 9.34. The number of thioether (sulfide) groups is 1. The zero-order valence-corrected chi connectivity index (χ0v) is 15.5. The molecule has 6 nitrogen and oxygen atoms in total. The number of anilines is 1. The fraction of sp³-hybridized carbons (Fsp3) is 0.150. The number of aliphatic carboxylic acids is 1. The first kappa shape index (κ1) is 18.7. The molecular formula is C20H19N3O3S. The lowest BCUT2D eigenvalue weighted by atomic mass is 9.96. The highest BCUT2D eigenvalue weighted by atomic mass is 32.2. The molecule has 1 atom stereocenters. The summed E-state index contributed by atoms with van der Waals surface area (Å²) >= 11 is 1.10. The highest BCUT2D eigenvalue weighted by Gasteiger charge is 2.29. The third kappa shape index (κ3) is 4.77. The average Bonchev–Trinajstić information content (AvgIpc) is 2.67. The quantitative estimate of drug-likeness (QED) is 0.738. The Hall–Kier alpha value is -3.06. The fourth-order valence-corrected chi connectivity index (χ4v) is 3.41. The van der Waals surface area contributed by atoms with E-state index in [4.69, 9.17) is 5.11 Å². The number of amidine groups is 1. The number of hydrogen-bond acceptors (Lipinski definition) is 5. The Labute approximate surface area is 161 Å². The average molecular weight is 381 g/mol. The number of nitrogens with zero attached hydrogens (tertiary/aromatic N) is 1. The summed E-state index contributed by atoms with van der Waals surface area (Å²) in [5.41, 5.74) is 2.72. The van der Waals surface area contributed by atoms with Crippen LogP contribution in [0.4, 0.5) is 5.69 Å². The van der Waals surface area contributed by atoms with Crippen LogP contribution in [0.2, 0.25) is 0 Å². The summed E-state index contributed by atoms with van der Waals surface area (Å²) in [6, 6.07) is 18.2. The van der Waals surface area contributed by atoms with Crippen LogP contribution in [0.3, 0.4) is 0 Å². The number of amides is 1. The summed E-state index contributed by atoms with van der Waals surface area (Å²) in [5, 5.41) is 15.4. The van der Waals surface area contributed by atoms with Crippen LogP contribution >= 0.6 is 11.8 Å². The molecule has 0 saturated heterocycles. The standard InChI is InChI=1S/C20H19N3O3S/c1-13-17(19(26)22-15-10-6-3-7-11-15)18(14-8-4-2-5-9-14)23-20(21-13)27-12-16(24)25/h2-11,18H,12H2,1H3,(H,21,23)(H,22,26)(H,24,25)/t18-/m1/s1. The summed E-state index contributed by atoms with van der Waals surface area (Å²) in [7, 11) is 0. The van der Waals surface area contributed by atoms with Crippen LogP contribution in [0.25, 0.3) is 0 Å². The van der Waals surface area contributed by atoms with Crippen molar-refractivity contribution in [3.05, 3.63) is 77.5 Å². The lowest BCUT2D eigenvalue weighted by Crippen LogP contribution is -2.32. The first-order valence-electron chi connectivity index (χ1n) is 8.36. The number of aliphatic imine (C=N–C) groups is 1. The van der Waals surface area contributed by atoms with E-state index in [1.165, 1.54) is 0 Å². The van der Waals surface area contributed by atoms with Gasteiger partial charge < -0.3 is 15.7 Å². The number of nitrogens with one attached hydrogen (secondary N) is 2. The summed E-state index contributed by atoms with van der Waals surface area (Å²) < 4.78 is 0. The molecule has 0 aromatic heterocycles. The molecular weight excluding hydrogens is 362 g/mol. The summed E-state index contributed by atoms with van der Waals surface area (Å²) in [6.45, 7) is 1.80. The minimum atomic E-state index is -0.921. The molecule has 0 unspecified atom stereocenters. The molecule has 2 aromatic rings. The molecule has 3 N–H and O–H groups in total. The molecule has 1 heterocycles. The maximum atomic E-state index is 13.0. The van der Waals surface area contributed by atoms with Crippen molar-refractivity contribution in [2.24, 2.45) is 4.99 Å². The van der Waals surface area contributed by atoms with Gasteiger partial charge >= 0.3 is 5.97 Å². The molecule has 138 valence electrons. The molecule has 7 heteroatoms. The Morgan fingerprint density at radius 2 is 1.74 bits per heavy atom. The molecule has 27 heavy (non-hydrogen) atoms. The predicted molar refractivity (Wildman–Crippen MR) is 108 cm³/mol. The van der Waals surface area contributed by atoms with E-state index in [2.05, 4.69) is 15.6 Å². The first-order chi connectivity index (χ1) is 13.0. The second-order valence-electron chi connectivity index (χ2n) is 5.91. The topological polar surface area (TPSA) is 90.8 Å². The number of carbonyl (C=O) groups is 2. The number of rotatable bonds is 5. The van der Waals surface area contributed by atoms with Gasteiger partial charge in [-0.1, -0.05) is 60.3 Å². The van der Waals surface area contributed by atoms with Crippen LogP contribution in [0.5, 0.6) is 0 Å². The van der Waals surface area contributed by atoms with Crippen LogP contribution in [0, 0.1) is 0 Å². The molecule has 0 aliphatic carbocycles. The fourth-order valence-electron chi connectivity index (χ4n) is 2.74. The smallest absolute Gasteiger partial charge is 0.313 e. The van der Waals surface area contributed by atoms with Gasteiger partial charge in [0.25, 0.3) is 5.91 Å². The van der Waals surface area contributed by atoms with Crippen LogP contribution in [-0.2, 0) is 9.59 Å². The molecule has 0 spiro atoms. The van der Waals surface area contributed by atoms with Crippen molar-refractivity contribution in [1.82, 2.24) is 5.32 Å². The normalized spacial score (nSPS) is 16.3. The Kier molecular flexibility index (Phi) is 5.93. The monoisotopic (exact) mass is 381 g/mol. The van der Waals surface area contributed by atoms with E-state index in [-0.39, 0.29) is 11.7 Å². The van der Waals surface area contributed by atoms with Crippen LogP contribution in [0.15, 0.2) is 76.9 Å². The van der Waals surface area contributed by atoms with Gasteiger partial charge in [0.05, 0.1) is 11.3 Å². The van der Waals surface area contributed by atoms with Crippen molar-refractivity contribution >= 4 is 34.5 Å². The third-order valence-electron chi connectivity index (χ3n) is 3.94. The third-order valence-corrected chi connectivity index (χ3v) is 4.81. The van der Waals surface area contributed by atoms with Crippen molar-refractivity contribution in [3.8, 4) is 0 Å². The van der Waals surface area contributed by atoms with E-state index in [0.29, 0.717) is 22.1 Å². The van der Waals surface area contributed by atoms with E-state index in [1.54, 1.807) is 6.92 Å². The van der Waals surface area contributed by atoms with Crippen LogP contribution in [-0.4, -0.2) is 27.9 Å². The minimum Gasteiger partial charge on any atom is -0.481 e. The van der Waals surface area contributed by atoms with E-state index in [0.717, 1.165) is 17.3 Å². The maximum absolute atomic E-state index is 13.0. The number of benzene rings is 2. The maximum Gasteiger partial charge on any atom is 0.313 e. The van der Waals surface area contributed by atoms with E-state index in [1.807, 2.05) is 60.7 Å². The number of carboxylic acids is 1. The van der Waals surface area contributed by atoms with Gasteiger partial charge in [-0.05, 0) is 24.6 Å². The molecule has 3 rings (SSSR count). The summed E-state index contributed by atoms with van der Waals surface area (Å²) in [6.07, 6.45) is 0. The molecule has 2 aromatic carbocycles.